The Hall–Kier alpha value is -1.36. The number of thiophene rings is 1. The van der Waals surface area contributed by atoms with Crippen molar-refractivity contribution < 1.29 is 14.3 Å². The number of rotatable bonds is 4. The van der Waals surface area contributed by atoms with E-state index in [2.05, 4.69) is 26.1 Å². The third kappa shape index (κ3) is 4.80. The molecule has 0 aromatic carbocycles. The van der Waals surface area contributed by atoms with E-state index in [0.29, 0.717) is 10.8 Å². The van der Waals surface area contributed by atoms with E-state index in [1.54, 1.807) is 0 Å². The summed E-state index contributed by atoms with van der Waals surface area (Å²) in [5.74, 6) is -0.0108. The molecule has 0 radical (unpaired) electrons. The molecule has 0 unspecified atom stereocenters. The fourth-order valence-corrected chi connectivity index (χ4v) is 4.03. The molecule has 1 aliphatic rings. The summed E-state index contributed by atoms with van der Waals surface area (Å²) in [4.78, 5) is 25.6. The number of amides is 1. The Kier molecular flexibility index (Phi) is 5.50. The largest absolute Gasteiger partial charge is 0.451 e. The highest BCUT2D eigenvalue weighted by molar-refractivity contribution is 7.14. The monoisotopic (exact) mass is 337 g/mol. The fraction of sp³-hybridized carbons (Fsp3) is 0.667. The lowest BCUT2D eigenvalue weighted by atomic mass is 9.72. The number of ether oxygens (including phenoxy) is 1. The van der Waals surface area contributed by atoms with Crippen molar-refractivity contribution in [2.24, 2.45) is 11.3 Å². The van der Waals surface area contributed by atoms with Gasteiger partial charge in [0.15, 0.2) is 6.61 Å². The van der Waals surface area contributed by atoms with Gasteiger partial charge in [0.2, 0.25) is 0 Å². The van der Waals surface area contributed by atoms with E-state index in [4.69, 9.17) is 4.74 Å². The van der Waals surface area contributed by atoms with Crippen molar-refractivity contribution in [2.45, 2.75) is 59.9 Å². The van der Waals surface area contributed by atoms with Gasteiger partial charge in [-0.2, -0.15) is 0 Å². The predicted octanol–water partition coefficient (Wildman–Crippen LogP) is 3.58. The summed E-state index contributed by atoms with van der Waals surface area (Å²) in [7, 11) is 0. The van der Waals surface area contributed by atoms with Crippen molar-refractivity contribution in [1.82, 2.24) is 5.32 Å². The zero-order valence-electron chi connectivity index (χ0n) is 14.7. The Morgan fingerprint density at radius 1 is 1.39 bits per heavy atom. The minimum absolute atomic E-state index is 0.0459. The van der Waals surface area contributed by atoms with Gasteiger partial charge in [-0.1, -0.05) is 20.8 Å². The van der Waals surface area contributed by atoms with Gasteiger partial charge in [-0.15, -0.1) is 11.3 Å². The minimum Gasteiger partial charge on any atom is -0.451 e. The van der Waals surface area contributed by atoms with Crippen LogP contribution in [0.2, 0.25) is 0 Å². The Morgan fingerprint density at radius 2 is 2.09 bits per heavy atom. The second-order valence-electron chi connectivity index (χ2n) is 7.66. The lowest BCUT2D eigenvalue weighted by molar-refractivity contribution is -0.124. The van der Waals surface area contributed by atoms with Crippen LogP contribution in [0.4, 0.5) is 0 Å². The summed E-state index contributed by atoms with van der Waals surface area (Å²) >= 11 is 1.52. The predicted molar refractivity (Wildman–Crippen MR) is 92.9 cm³/mol. The molecule has 2 rings (SSSR count). The lowest BCUT2D eigenvalue weighted by Gasteiger charge is -2.33. The molecule has 0 fully saturated rings. The smallest absolute Gasteiger partial charge is 0.348 e. The topological polar surface area (TPSA) is 55.4 Å². The second-order valence-corrected chi connectivity index (χ2v) is 8.80. The molecule has 1 amide bonds. The van der Waals surface area contributed by atoms with Crippen LogP contribution in [0.3, 0.4) is 0 Å². The molecule has 1 atom stereocenters. The number of esters is 1. The van der Waals surface area contributed by atoms with Crippen molar-refractivity contribution in [3.05, 3.63) is 21.4 Å². The summed E-state index contributed by atoms with van der Waals surface area (Å²) in [6.45, 7) is 10.4. The number of carbonyl (C=O) groups excluding carboxylic acids is 2. The first-order chi connectivity index (χ1) is 10.7. The standard InChI is InChI=1S/C18H27NO3S/c1-11(2)19-16(20)10-22-17(21)15-9-12-8-13(18(3,4)5)6-7-14(12)23-15/h9,11,13H,6-8,10H2,1-5H3,(H,19,20)/t13-/m0/s1. The summed E-state index contributed by atoms with van der Waals surface area (Å²) in [5, 5.41) is 2.71. The van der Waals surface area contributed by atoms with Crippen LogP contribution in [0, 0.1) is 11.3 Å². The van der Waals surface area contributed by atoms with E-state index in [1.165, 1.54) is 28.2 Å². The minimum atomic E-state index is -0.393. The van der Waals surface area contributed by atoms with Gasteiger partial charge in [-0.3, -0.25) is 4.79 Å². The first kappa shape index (κ1) is 18.0. The van der Waals surface area contributed by atoms with Crippen LogP contribution in [0.5, 0.6) is 0 Å². The molecule has 5 heteroatoms. The zero-order valence-corrected chi connectivity index (χ0v) is 15.5. The molecule has 1 aromatic rings. The average Bonchev–Trinajstić information content (AvgIpc) is 2.86. The van der Waals surface area contributed by atoms with Gasteiger partial charge in [0.1, 0.15) is 4.88 Å². The third-order valence-corrected chi connectivity index (χ3v) is 5.51. The van der Waals surface area contributed by atoms with E-state index in [1.807, 2.05) is 19.9 Å². The highest BCUT2D eigenvalue weighted by Gasteiger charge is 2.30. The van der Waals surface area contributed by atoms with Gasteiger partial charge in [0, 0.05) is 10.9 Å². The fourth-order valence-electron chi connectivity index (χ4n) is 2.93. The molecule has 0 bridgehead atoms. The van der Waals surface area contributed by atoms with Gasteiger partial charge < -0.3 is 10.1 Å². The van der Waals surface area contributed by atoms with Crippen LogP contribution < -0.4 is 5.32 Å². The Morgan fingerprint density at radius 3 is 2.70 bits per heavy atom. The number of nitrogens with one attached hydrogen (secondary N) is 1. The highest BCUT2D eigenvalue weighted by atomic mass is 32.1. The van der Waals surface area contributed by atoms with Crippen LogP contribution in [0.1, 0.15) is 61.2 Å². The average molecular weight is 337 g/mol. The van der Waals surface area contributed by atoms with Gasteiger partial charge >= 0.3 is 5.97 Å². The number of fused-ring (bicyclic) bond motifs is 1. The van der Waals surface area contributed by atoms with E-state index in [9.17, 15) is 9.59 Å². The van der Waals surface area contributed by atoms with Crippen molar-refractivity contribution in [2.75, 3.05) is 6.61 Å². The van der Waals surface area contributed by atoms with Crippen molar-refractivity contribution in [1.29, 1.82) is 0 Å². The molecule has 1 heterocycles. The van der Waals surface area contributed by atoms with E-state index >= 15 is 0 Å². The quantitative estimate of drug-likeness (QED) is 0.854. The van der Waals surface area contributed by atoms with Crippen molar-refractivity contribution in [3.63, 3.8) is 0 Å². The summed E-state index contributed by atoms with van der Waals surface area (Å²) in [6, 6.07) is 2.00. The third-order valence-electron chi connectivity index (χ3n) is 4.29. The molecule has 1 aliphatic carbocycles. The normalized spacial score (nSPS) is 17.7. The Labute approximate surface area is 142 Å². The first-order valence-electron chi connectivity index (χ1n) is 8.25. The van der Waals surface area contributed by atoms with Crippen LogP contribution in [-0.4, -0.2) is 24.5 Å². The van der Waals surface area contributed by atoms with Crippen LogP contribution in [0.15, 0.2) is 6.07 Å². The molecule has 0 spiro atoms. The van der Waals surface area contributed by atoms with E-state index < -0.39 is 5.97 Å². The second kappa shape index (κ2) is 7.04. The zero-order chi connectivity index (χ0) is 17.2. The summed E-state index contributed by atoms with van der Waals surface area (Å²) < 4.78 is 5.12. The summed E-state index contributed by atoms with van der Waals surface area (Å²) in [5.41, 5.74) is 1.56. The lowest BCUT2D eigenvalue weighted by Crippen LogP contribution is -2.33. The molecule has 0 aliphatic heterocycles. The Bertz CT molecular complexity index is 584. The van der Waals surface area contributed by atoms with Crippen LogP contribution >= 0.6 is 11.3 Å². The maximum absolute atomic E-state index is 12.1. The first-order valence-corrected chi connectivity index (χ1v) is 9.06. The maximum Gasteiger partial charge on any atom is 0.348 e. The molecule has 23 heavy (non-hydrogen) atoms. The molecule has 4 nitrogen and oxygen atoms in total. The van der Waals surface area contributed by atoms with Crippen molar-refractivity contribution in [3.8, 4) is 0 Å². The molecule has 1 N–H and O–H groups in total. The molecule has 0 saturated heterocycles. The number of hydrogen-bond donors (Lipinski definition) is 1. The van der Waals surface area contributed by atoms with Crippen LogP contribution in [0.25, 0.3) is 0 Å². The maximum atomic E-state index is 12.1. The van der Waals surface area contributed by atoms with Gasteiger partial charge in [-0.05, 0) is 56.1 Å². The number of carbonyl (C=O) groups is 2. The van der Waals surface area contributed by atoms with Gasteiger partial charge in [0.05, 0.1) is 0 Å². The SMILES string of the molecule is CC(C)NC(=O)COC(=O)c1cc2c(s1)CC[C@H](C(C)(C)C)C2. The molecule has 128 valence electrons. The van der Waals surface area contributed by atoms with E-state index in [0.717, 1.165) is 12.8 Å². The molecular weight excluding hydrogens is 310 g/mol. The molecular formula is C18H27NO3S. The van der Waals surface area contributed by atoms with Crippen LogP contribution in [-0.2, 0) is 22.4 Å². The van der Waals surface area contributed by atoms with Gasteiger partial charge in [0.25, 0.3) is 5.91 Å². The van der Waals surface area contributed by atoms with Crippen molar-refractivity contribution >= 4 is 23.2 Å². The summed E-state index contributed by atoms with van der Waals surface area (Å²) in [6.07, 6.45) is 3.22. The van der Waals surface area contributed by atoms with Gasteiger partial charge in [-0.25, -0.2) is 4.79 Å². The highest BCUT2D eigenvalue weighted by Crippen LogP contribution is 2.40. The number of aryl methyl sites for hydroxylation is 1. The Balaban J connectivity index is 1.97. The number of hydrogen-bond acceptors (Lipinski definition) is 4. The van der Waals surface area contributed by atoms with E-state index in [-0.39, 0.29) is 24.0 Å². The molecule has 0 saturated carbocycles. The molecule has 1 aromatic heterocycles.